The highest BCUT2D eigenvalue weighted by Gasteiger charge is 2.49. The Labute approximate surface area is 250 Å². The molecule has 4 unspecified atom stereocenters. The second-order valence-electron chi connectivity index (χ2n) is 12.0. The molecule has 7 heteroatoms. The number of amides is 2. The summed E-state index contributed by atoms with van der Waals surface area (Å²) in [4.78, 5) is 59.1. The maximum atomic E-state index is 13.5. The minimum absolute atomic E-state index is 0.117. The molecule has 2 heterocycles. The fourth-order valence-electron chi connectivity index (χ4n) is 6.36. The van der Waals surface area contributed by atoms with Crippen LogP contribution in [0.5, 0.6) is 0 Å². The van der Waals surface area contributed by atoms with Crippen molar-refractivity contribution >= 4 is 40.2 Å². The lowest BCUT2D eigenvalue weighted by atomic mass is 9.76. The molecule has 0 radical (unpaired) electrons. The number of benzene rings is 3. The first-order valence-electron chi connectivity index (χ1n) is 14.8. The maximum absolute atomic E-state index is 13.5. The highest BCUT2D eigenvalue weighted by molar-refractivity contribution is 6.22. The molecule has 7 nitrogen and oxygen atoms in total. The van der Waals surface area contributed by atoms with Crippen molar-refractivity contribution < 1.29 is 23.9 Å². The number of ketones is 1. The van der Waals surface area contributed by atoms with Gasteiger partial charge in [-0.2, -0.15) is 0 Å². The summed E-state index contributed by atoms with van der Waals surface area (Å²) in [6.07, 6.45) is 1.48. The van der Waals surface area contributed by atoms with Crippen LogP contribution in [0.15, 0.2) is 72.8 Å². The Balaban J connectivity index is 1.30. The van der Waals surface area contributed by atoms with E-state index < -0.39 is 12.1 Å². The molecule has 0 bridgehead atoms. The molecule has 0 N–H and O–H groups in total. The smallest absolute Gasteiger partial charge is 0.339 e. The number of rotatable bonds is 6. The predicted molar refractivity (Wildman–Crippen MR) is 165 cm³/mol. The Morgan fingerprint density at radius 3 is 2.33 bits per heavy atom. The van der Waals surface area contributed by atoms with Crippen LogP contribution in [0.3, 0.4) is 0 Å². The lowest BCUT2D eigenvalue weighted by molar-refractivity contribution is -0.122. The Morgan fingerprint density at radius 2 is 1.60 bits per heavy atom. The number of hydrogen-bond donors (Lipinski definition) is 0. The molecule has 218 valence electrons. The van der Waals surface area contributed by atoms with Crippen LogP contribution in [0.25, 0.3) is 22.2 Å². The lowest BCUT2D eigenvalue weighted by Gasteiger charge is -2.25. The molecule has 0 spiro atoms. The molecule has 43 heavy (non-hydrogen) atoms. The highest BCUT2D eigenvalue weighted by Crippen LogP contribution is 2.42. The Bertz CT molecular complexity index is 1760. The average molecular weight is 575 g/mol. The normalized spacial score (nSPS) is 20.7. The van der Waals surface area contributed by atoms with Crippen LogP contribution in [0.4, 0.5) is 5.69 Å². The van der Waals surface area contributed by atoms with Crippen molar-refractivity contribution in [1.82, 2.24) is 4.98 Å². The van der Waals surface area contributed by atoms with Crippen LogP contribution in [0, 0.1) is 31.6 Å². The number of aromatic nitrogens is 1. The first-order valence-corrected chi connectivity index (χ1v) is 14.8. The second kappa shape index (κ2) is 11.2. The molecule has 1 saturated carbocycles. The molecule has 3 aromatic carbocycles. The number of esters is 1. The van der Waals surface area contributed by atoms with Crippen molar-refractivity contribution in [2.45, 2.75) is 53.1 Å². The van der Waals surface area contributed by atoms with Gasteiger partial charge >= 0.3 is 5.97 Å². The Hall–Kier alpha value is -4.65. The van der Waals surface area contributed by atoms with Crippen LogP contribution in [-0.4, -0.2) is 34.7 Å². The summed E-state index contributed by atoms with van der Waals surface area (Å²) in [6, 6.07) is 21.6. The van der Waals surface area contributed by atoms with Gasteiger partial charge in [-0.25, -0.2) is 9.78 Å². The van der Waals surface area contributed by atoms with E-state index >= 15 is 0 Å². The summed E-state index contributed by atoms with van der Waals surface area (Å²) in [5, 5.41) is 0.630. The summed E-state index contributed by atoms with van der Waals surface area (Å²) >= 11 is 0. The number of carbonyl (C=O) groups is 4. The fourth-order valence-corrected chi connectivity index (χ4v) is 6.36. The molecule has 4 aromatic rings. The molecular formula is C36H34N2O5. The standard InChI is InChI=1S/C36H34N2O5/c1-20-8-11-25(12-9-20)33(39)23(4)43-36(42)30-19-31(37-32-22(3)6-5-7-27(30)32)24-13-15-26(16-14-24)38-34(40)28-17-10-21(2)18-29(28)35(38)41/h5-9,11-16,19,21,23,28-29H,10,17-18H2,1-4H3. The van der Waals surface area contributed by atoms with Gasteiger partial charge in [0, 0.05) is 16.5 Å². The van der Waals surface area contributed by atoms with E-state index in [1.807, 2.05) is 56.3 Å². The second-order valence-corrected chi connectivity index (χ2v) is 12.0. The molecule has 1 aliphatic carbocycles. The summed E-state index contributed by atoms with van der Waals surface area (Å²) in [5.74, 6) is -1.17. The van der Waals surface area contributed by atoms with Crippen LogP contribution >= 0.6 is 0 Å². The van der Waals surface area contributed by atoms with E-state index in [0.717, 1.165) is 36.0 Å². The van der Waals surface area contributed by atoms with E-state index in [-0.39, 0.29) is 29.4 Å². The minimum Gasteiger partial charge on any atom is -0.451 e. The topological polar surface area (TPSA) is 93.6 Å². The number of anilines is 1. The van der Waals surface area contributed by atoms with Crippen LogP contribution in [0.1, 0.15) is 65.0 Å². The number of carbonyl (C=O) groups excluding carboxylic acids is 4. The number of imide groups is 1. The molecule has 1 aliphatic heterocycles. The number of hydrogen-bond acceptors (Lipinski definition) is 6. The van der Waals surface area contributed by atoms with E-state index in [4.69, 9.17) is 9.72 Å². The van der Waals surface area contributed by atoms with Gasteiger partial charge in [-0.05, 0) is 69.7 Å². The number of fused-ring (bicyclic) bond motifs is 2. The quantitative estimate of drug-likeness (QED) is 0.142. The van der Waals surface area contributed by atoms with Gasteiger partial charge in [0.25, 0.3) is 0 Å². The summed E-state index contributed by atoms with van der Waals surface area (Å²) < 4.78 is 5.69. The van der Waals surface area contributed by atoms with Crippen molar-refractivity contribution in [2.75, 3.05) is 4.90 Å². The van der Waals surface area contributed by atoms with Crippen molar-refractivity contribution in [3.63, 3.8) is 0 Å². The third-order valence-corrected chi connectivity index (χ3v) is 8.86. The highest BCUT2D eigenvalue weighted by atomic mass is 16.5. The van der Waals surface area contributed by atoms with Crippen molar-refractivity contribution in [2.24, 2.45) is 17.8 Å². The third kappa shape index (κ3) is 5.24. The summed E-state index contributed by atoms with van der Waals surface area (Å²) in [7, 11) is 0. The SMILES string of the molecule is Cc1ccc(C(=O)C(C)OC(=O)c2cc(-c3ccc(N4C(=O)C5CCC(C)CC5C4=O)cc3)nc3c(C)cccc23)cc1. The average Bonchev–Trinajstić information content (AvgIpc) is 3.25. The van der Waals surface area contributed by atoms with E-state index in [0.29, 0.717) is 39.3 Å². The number of aryl methyl sites for hydroxylation is 2. The van der Waals surface area contributed by atoms with Crippen molar-refractivity contribution in [3.8, 4) is 11.3 Å². The maximum Gasteiger partial charge on any atom is 0.339 e. The van der Waals surface area contributed by atoms with Crippen molar-refractivity contribution in [3.05, 3.63) is 95.1 Å². The molecule has 1 saturated heterocycles. The van der Waals surface area contributed by atoms with E-state index in [1.165, 1.54) is 4.90 Å². The molecule has 2 amide bonds. The van der Waals surface area contributed by atoms with Gasteiger partial charge in [0.2, 0.25) is 17.6 Å². The third-order valence-electron chi connectivity index (χ3n) is 8.86. The first kappa shape index (κ1) is 28.5. The number of nitrogens with zero attached hydrogens (tertiary/aromatic N) is 2. The van der Waals surface area contributed by atoms with Gasteiger partial charge in [0.15, 0.2) is 6.10 Å². The zero-order chi connectivity index (χ0) is 30.4. The number of ether oxygens (including phenoxy) is 1. The Morgan fingerprint density at radius 1 is 0.907 bits per heavy atom. The molecular weight excluding hydrogens is 540 g/mol. The summed E-state index contributed by atoms with van der Waals surface area (Å²) in [5.41, 5.74) is 5.16. The zero-order valence-corrected chi connectivity index (χ0v) is 24.8. The predicted octanol–water partition coefficient (Wildman–Crippen LogP) is 6.87. The number of Topliss-reactive ketones (excluding diaryl/α,β-unsaturated/α-hetero) is 1. The van der Waals surface area contributed by atoms with Gasteiger partial charge in [0.1, 0.15) is 0 Å². The van der Waals surface area contributed by atoms with Gasteiger partial charge in [-0.1, -0.05) is 67.1 Å². The number of para-hydroxylation sites is 1. The summed E-state index contributed by atoms with van der Waals surface area (Å²) in [6.45, 7) is 7.57. The number of pyridine rings is 1. The van der Waals surface area contributed by atoms with E-state index in [1.54, 1.807) is 37.3 Å². The van der Waals surface area contributed by atoms with Crippen LogP contribution in [-0.2, 0) is 14.3 Å². The van der Waals surface area contributed by atoms with Crippen LogP contribution in [0.2, 0.25) is 0 Å². The molecule has 1 aromatic heterocycles. The van der Waals surface area contributed by atoms with Crippen LogP contribution < -0.4 is 4.90 Å². The lowest BCUT2D eigenvalue weighted by Crippen LogP contribution is -2.30. The molecule has 6 rings (SSSR count). The van der Waals surface area contributed by atoms with Gasteiger partial charge < -0.3 is 4.74 Å². The van der Waals surface area contributed by atoms with E-state index in [9.17, 15) is 19.2 Å². The largest absolute Gasteiger partial charge is 0.451 e. The van der Waals surface area contributed by atoms with Gasteiger partial charge in [-0.15, -0.1) is 0 Å². The van der Waals surface area contributed by atoms with E-state index in [2.05, 4.69) is 6.92 Å². The fraction of sp³-hybridized carbons (Fsp3) is 0.306. The molecule has 2 fully saturated rings. The minimum atomic E-state index is -0.979. The zero-order valence-electron chi connectivity index (χ0n) is 24.8. The van der Waals surface area contributed by atoms with Crippen molar-refractivity contribution in [1.29, 1.82) is 0 Å². The molecule has 2 aliphatic rings. The van der Waals surface area contributed by atoms with Gasteiger partial charge in [-0.3, -0.25) is 19.3 Å². The van der Waals surface area contributed by atoms with Gasteiger partial charge in [0.05, 0.1) is 34.3 Å². The Kier molecular flexibility index (Phi) is 7.42. The first-order chi connectivity index (χ1) is 20.6. The monoisotopic (exact) mass is 574 g/mol. The molecule has 4 atom stereocenters.